The van der Waals surface area contributed by atoms with Crippen molar-refractivity contribution >= 4 is 21.6 Å². The minimum Gasteiger partial charge on any atom is -0.379 e. The van der Waals surface area contributed by atoms with Crippen LogP contribution in [0.4, 0.5) is 0 Å². The van der Waals surface area contributed by atoms with Crippen molar-refractivity contribution in [3.05, 3.63) is 46.1 Å². The number of morpholine rings is 1. The Kier molecular flexibility index (Phi) is 5.17. The van der Waals surface area contributed by atoms with Crippen molar-refractivity contribution in [3.8, 4) is 17.2 Å². The number of aromatic nitrogens is 6. The highest BCUT2D eigenvalue weighted by atomic mass is 32.1. The van der Waals surface area contributed by atoms with Gasteiger partial charge in [0.05, 0.1) is 25.1 Å². The van der Waals surface area contributed by atoms with E-state index in [0.29, 0.717) is 12.4 Å². The van der Waals surface area contributed by atoms with Crippen molar-refractivity contribution < 1.29 is 4.74 Å². The van der Waals surface area contributed by atoms with E-state index in [0.717, 1.165) is 72.1 Å². The Labute approximate surface area is 190 Å². The number of benzene rings is 1. The van der Waals surface area contributed by atoms with E-state index < -0.39 is 0 Å². The van der Waals surface area contributed by atoms with E-state index in [-0.39, 0.29) is 0 Å². The molecule has 0 saturated carbocycles. The molecule has 3 aromatic heterocycles. The van der Waals surface area contributed by atoms with Crippen LogP contribution < -0.4 is 0 Å². The molecule has 0 N–H and O–H groups in total. The van der Waals surface area contributed by atoms with Gasteiger partial charge in [-0.15, -0.1) is 26.3 Å². The minimum absolute atomic E-state index is 0.619. The summed E-state index contributed by atoms with van der Waals surface area (Å²) in [6.07, 6.45) is 4.62. The molecular weight excluding hydrogens is 422 g/mol. The number of fused-ring (bicyclic) bond motifs is 3. The third-order valence-corrected chi connectivity index (χ3v) is 7.49. The smallest absolute Gasteiger partial charge is 0.205 e. The minimum atomic E-state index is 0.619. The molecule has 0 spiro atoms. The molecule has 0 unspecified atom stereocenters. The number of rotatable bonds is 4. The number of ether oxygens (including phenoxy) is 1. The van der Waals surface area contributed by atoms with Gasteiger partial charge < -0.3 is 4.74 Å². The van der Waals surface area contributed by atoms with Crippen molar-refractivity contribution in [2.75, 3.05) is 26.3 Å². The summed E-state index contributed by atoms with van der Waals surface area (Å²) in [7, 11) is 0. The van der Waals surface area contributed by atoms with Crippen LogP contribution in [0.2, 0.25) is 0 Å². The second-order valence-electron chi connectivity index (χ2n) is 8.46. The summed E-state index contributed by atoms with van der Waals surface area (Å²) in [4.78, 5) is 16.4. The van der Waals surface area contributed by atoms with Crippen LogP contribution in [0.1, 0.15) is 34.7 Å². The molecule has 6 rings (SSSR count). The van der Waals surface area contributed by atoms with Crippen LogP contribution in [-0.4, -0.2) is 61.4 Å². The van der Waals surface area contributed by atoms with Crippen LogP contribution in [0.3, 0.4) is 0 Å². The second-order valence-corrected chi connectivity index (χ2v) is 9.54. The van der Waals surface area contributed by atoms with E-state index in [1.807, 2.05) is 18.2 Å². The van der Waals surface area contributed by atoms with Gasteiger partial charge in [-0.3, -0.25) is 4.90 Å². The first-order chi connectivity index (χ1) is 15.8. The van der Waals surface area contributed by atoms with Gasteiger partial charge in [0.2, 0.25) is 5.82 Å². The Hall–Kier alpha value is -2.75. The van der Waals surface area contributed by atoms with E-state index in [9.17, 15) is 0 Å². The van der Waals surface area contributed by atoms with E-state index in [1.165, 1.54) is 23.3 Å². The number of thiophene rings is 1. The predicted octanol–water partition coefficient (Wildman–Crippen LogP) is 3.35. The highest BCUT2D eigenvalue weighted by Crippen LogP contribution is 2.38. The summed E-state index contributed by atoms with van der Waals surface area (Å²) in [6, 6.07) is 8.12. The van der Waals surface area contributed by atoms with E-state index >= 15 is 0 Å². The van der Waals surface area contributed by atoms with Crippen molar-refractivity contribution in [2.24, 2.45) is 0 Å². The zero-order chi connectivity index (χ0) is 21.5. The normalized spacial score (nSPS) is 17.0. The van der Waals surface area contributed by atoms with Crippen LogP contribution in [-0.2, 0) is 24.1 Å². The average Bonchev–Trinajstić information content (AvgIpc) is 3.44. The van der Waals surface area contributed by atoms with E-state index in [1.54, 1.807) is 16.1 Å². The summed E-state index contributed by atoms with van der Waals surface area (Å²) in [5.74, 6) is 2.18. The molecule has 4 aromatic rings. The molecule has 164 valence electrons. The predicted molar refractivity (Wildman–Crippen MR) is 123 cm³/mol. The zero-order valence-electron chi connectivity index (χ0n) is 18.1. The molecule has 1 fully saturated rings. The summed E-state index contributed by atoms with van der Waals surface area (Å²) >= 11 is 1.81. The number of tetrazole rings is 1. The van der Waals surface area contributed by atoms with Crippen LogP contribution in [0.25, 0.3) is 27.4 Å². The molecule has 2 aliphatic rings. The first kappa shape index (κ1) is 19.9. The third kappa shape index (κ3) is 3.60. The maximum absolute atomic E-state index is 5.50. The summed E-state index contributed by atoms with van der Waals surface area (Å²) in [5, 5.41) is 14.7. The maximum atomic E-state index is 5.50. The van der Waals surface area contributed by atoms with Crippen molar-refractivity contribution in [2.45, 2.75) is 39.2 Å². The summed E-state index contributed by atoms with van der Waals surface area (Å²) < 4.78 is 5.50. The maximum Gasteiger partial charge on any atom is 0.205 e. The van der Waals surface area contributed by atoms with Crippen LogP contribution >= 0.6 is 11.3 Å². The number of hydrogen-bond acceptors (Lipinski definition) is 8. The van der Waals surface area contributed by atoms with Gasteiger partial charge in [-0.25, -0.2) is 9.97 Å². The second kappa shape index (κ2) is 8.31. The lowest BCUT2D eigenvalue weighted by Gasteiger charge is -2.25. The first-order valence-electron chi connectivity index (χ1n) is 11.2. The average molecular weight is 448 g/mol. The van der Waals surface area contributed by atoms with Crippen LogP contribution in [0, 0.1) is 6.92 Å². The third-order valence-electron chi connectivity index (χ3n) is 6.30. The first-order valence-corrected chi connectivity index (χ1v) is 12.1. The lowest BCUT2D eigenvalue weighted by molar-refractivity contribution is 0.0331. The van der Waals surface area contributed by atoms with Gasteiger partial charge in [0.25, 0.3) is 0 Å². The van der Waals surface area contributed by atoms with Gasteiger partial charge in [0.1, 0.15) is 10.7 Å². The Morgan fingerprint density at radius 3 is 2.78 bits per heavy atom. The molecule has 32 heavy (non-hydrogen) atoms. The molecule has 4 heterocycles. The van der Waals surface area contributed by atoms with E-state index in [4.69, 9.17) is 19.8 Å². The molecule has 9 heteroatoms. The Bertz CT molecular complexity index is 1270. The van der Waals surface area contributed by atoms with Gasteiger partial charge in [0, 0.05) is 23.5 Å². The molecule has 1 saturated heterocycles. The molecular formula is C23H25N7OS. The molecule has 0 radical (unpaired) electrons. The lowest BCUT2D eigenvalue weighted by atomic mass is 9.97. The fraction of sp³-hybridized carbons (Fsp3) is 0.435. The van der Waals surface area contributed by atoms with Crippen LogP contribution in [0.15, 0.2) is 24.3 Å². The largest absolute Gasteiger partial charge is 0.379 e. The fourth-order valence-electron chi connectivity index (χ4n) is 4.59. The zero-order valence-corrected chi connectivity index (χ0v) is 18.9. The molecule has 8 nitrogen and oxygen atoms in total. The molecule has 1 aromatic carbocycles. The van der Waals surface area contributed by atoms with Crippen LogP contribution in [0.5, 0.6) is 0 Å². The molecule has 1 aliphatic carbocycles. The quantitative estimate of drug-likeness (QED) is 0.474. The van der Waals surface area contributed by atoms with Gasteiger partial charge in [-0.05, 0) is 48.9 Å². The topological polar surface area (TPSA) is 81.9 Å². The highest BCUT2D eigenvalue weighted by molar-refractivity contribution is 7.18. The SMILES string of the molecule is Cc1ccccc1-c1nnn(-c2nc(CN3CCOCC3)nc3sc4c(c23)CCCC4)n1. The fourth-order valence-corrected chi connectivity index (χ4v) is 5.87. The molecule has 0 atom stereocenters. The highest BCUT2D eigenvalue weighted by Gasteiger charge is 2.24. The lowest BCUT2D eigenvalue weighted by Crippen LogP contribution is -2.36. The van der Waals surface area contributed by atoms with Crippen molar-refractivity contribution in [1.29, 1.82) is 0 Å². The monoisotopic (exact) mass is 447 g/mol. The van der Waals surface area contributed by atoms with Crippen molar-refractivity contribution in [3.63, 3.8) is 0 Å². The molecule has 0 bridgehead atoms. The number of hydrogen-bond donors (Lipinski definition) is 0. The van der Waals surface area contributed by atoms with Gasteiger partial charge in [-0.1, -0.05) is 24.3 Å². The Balaban J connectivity index is 1.47. The Morgan fingerprint density at radius 2 is 1.91 bits per heavy atom. The number of nitrogens with zero attached hydrogens (tertiary/aromatic N) is 7. The van der Waals surface area contributed by atoms with Gasteiger partial charge in [0.15, 0.2) is 5.82 Å². The van der Waals surface area contributed by atoms with Gasteiger partial charge in [-0.2, -0.15) is 0 Å². The van der Waals surface area contributed by atoms with Gasteiger partial charge >= 0.3 is 0 Å². The molecule has 0 amide bonds. The van der Waals surface area contributed by atoms with Crippen molar-refractivity contribution in [1.82, 2.24) is 35.1 Å². The standard InChI is InChI=1S/C23H25N7OS/c1-15-6-2-3-7-16(15)21-26-28-30(27-21)22-20-17-8-4-5-9-18(17)32-23(20)25-19(24-22)14-29-10-12-31-13-11-29/h2-3,6-7H,4-5,8-14H2,1H3. The summed E-state index contributed by atoms with van der Waals surface area (Å²) in [6.45, 7) is 6.08. The number of aryl methyl sites for hydroxylation is 3. The Morgan fingerprint density at radius 1 is 1.06 bits per heavy atom. The summed E-state index contributed by atoms with van der Waals surface area (Å²) in [5.41, 5.74) is 3.49. The van der Waals surface area contributed by atoms with E-state index in [2.05, 4.69) is 28.2 Å². The molecule has 1 aliphatic heterocycles.